The molecule has 0 radical (unpaired) electrons. The Morgan fingerprint density at radius 2 is 1.95 bits per heavy atom. The molecular formula is C16H23ClN2O. The van der Waals surface area contributed by atoms with Gasteiger partial charge in [-0.3, -0.25) is 4.79 Å². The number of carbonyl (C=O) groups excluding carboxylic acids is 1. The van der Waals surface area contributed by atoms with Gasteiger partial charge in [0.1, 0.15) is 0 Å². The lowest BCUT2D eigenvalue weighted by atomic mass is 9.79. The van der Waals surface area contributed by atoms with Crippen molar-refractivity contribution in [2.24, 2.45) is 5.41 Å². The molecule has 1 fully saturated rings. The molecule has 1 aliphatic heterocycles. The van der Waals surface area contributed by atoms with Crippen LogP contribution >= 0.6 is 11.6 Å². The highest BCUT2D eigenvalue weighted by Crippen LogP contribution is 2.34. The molecule has 2 rings (SSSR count). The molecule has 0 aliphatic carbocycles. The largest absolute Gasteiger partial charge is 0.338 e. The molecule has 1 saturated heterocycles. The van der Waals surface area contributed by atoms with Crippen molar-refractivity contribution in [3.63, 3.8) is 0 Å². The first-order chi connectivity index (χ1) is 9.46. The van der Waals surface area contributed by atoms with Crippen molar-refractivity contribution < 1.29 is 4.79 Å². The van der Waals surface area contributed by atoms with Gasteiger partial charge in [0.25, 0.3) is 0 Å². The van der Waals surface area contributed by atoms with E-state index in [4.69, 9.17) is 11.6 Å². The first-order valence-electron chi connectivity index (χ1n) is 7.18. The third-order valence-corrected chi connectivity index (χ3v) is 4.82. The minimum absolute atomic E-state index is 0.0112. The maximum absolute atomic E-state index is 12.8. The smallest absolute Gasteiger partial charge is 0.228 e. The number of nitrogens with zero attached hydrogens (tertiary/aromatic N) is 1. The van der Waals surface area contributed by atoms with Crippen LogP contribution in [0.25, 0.3) is 0 Å². The molecule has 20 heavy (non-hydrogen) atoms. The van der Waals surface area contributed by atoms with Gasteiger partial charge in [-0.25, -0.2) is 0 Å². The normalized spacial score (nSPS) is 19.4. The van der Waals surface area contributed by atoms with Crippen LogP contribution in [0.4, 0.5) is 0 Å². The predicted molar refractivity (Wildman–Crippen MR) is 82.8 cm³/mol. The van der Waals surface area contributed by atoms with Crippen LogP contribution in [-0.4, -0.2) is 30.9 Å². The van der Waals surface area contributed by atoms with Crippen LogP contribution in [0.5, 0.6) is 0 Å². The molecule has 1 amide bonds. The van der Waals surface area contributed by atoms with Gasteiger partial charge < -0.3 is 10.2 Å². The summed E-state index contributed by atoms with van der Waals surface area (Å²) in [4.78, 5) is 14.6. The van der Waals surface area contributed by atoms with Gasteiger partial charge in [-0.1, -0.05) is 36.7 Å². The van der Waals surface area contributed by atoms with Crippen molar-refractivity contribution in [1.29, 1.82) is 0 Å². The molecule has 4 heteroatoms. The second kappa shape index (κ2) is 6.15. The van der Waals surface area contributed by atoms with E-state index in [1.54, 1.807) is 0 Å². The number of carbonyl (C=O) groups is 1. The highest BCUT2D eigenvalue weighted by atomic mass is 35.5. The first kappa shape index (κ1) is 15.3. The van der Waals surface area contributed by atoms with Gasteiger partial charge >= 0.3 is 0 Å². The van der Waals surface area contributed by atoms with E-state index in [-0.39, 0.29) is 17.4 Å². The molecule has 1 heterocycles. The molecule has 0 spiro atoms. The van der Waals surface area contributed by atoms with Crippen molar-refractivity contribution >= 4 is 17.5 Å². The Hall–Kier alpha value is -1.06. The number of piperidine rings is 1. The summed E-state index contributed by atoms with van der Waals surface area (Å²) < 4.78 is 0. The molecule has 1 atom stereocenters. The van der Waals surface area contributed by atoms with Crippen molar-refractivity contribution in [2.75, 3.05) is 20.1 Å². The lowest BCUT2D eigenvalue weighted by molar-refractivity contribution is -0.143. The van der Waals surface area contributed by atoms with E-state index in [1.807, 2.05) is 43.1 Å². The summed E-state index contributed by atoms with van der Waals surface area (Å²) in [6.07, 6.45) is 1.79. The number of nitrogens with one attached hydrogen (secondary N) is 1. The van der Waals surface area contributed by atoms with Gasteiger partial charge in [-0.2, -0.15) is 0 Å². The zero-order chi connectivity index (χ0) is 14.8. The maximum Gasteiger partial charge on any atom is 0.228 e. The third-order valence-electron chi connectivity index (χ3n) is 4.48. The lowest BCUT2D eigenvalue weighted by Crippen LogP contribution is -2.47. The van der Waals surface area contributed by atoms with Gasteiger partial charge in [0, 0.05) is 17.5 Å². The minimum atomic E-state index is -0.254. The summed E-state index contributed by atoms with van der Waals surface area (Å²) >= 11 is 6.24. The molecule has 1 aliphatic rings. The number of halogens is 1. The molecular weight excluding hydrogens is 272 g/mol. The van der Waals surface area contributed by atoms with Gasteiger partial charge in [0.2, 0.25) is 5.91 Å². The molecule has 110 valence electrons. The summed E-state index contributed by atoms with van der Waals surface area (Å²) in [5.74, 6) is 0.214. The number of rotatable bonds is 3. The fourth-order valence-electron chi connectivity index (χ4n) is 2.82. The van der Waals surface area contributed by atoms with Gasteiger partial charge in [0.05, 0.1) is 6.04 Å². The second-order valence-electron chi connectivity index (χ2n) is 5.92. The summed E-state index contributed by atoms with van der Waals surface area (Å²) in [5, 5.41) is 4.03. The molecule has 3 nitrogen and oxygen atoms in total. The highest BCUT2D eigenvalue weighted by molar-refractivity contribution is 6.31. The Morgan fingerprint density at radius 1 is 1.35 bits per heavy atom. The van der Waals surface area contributed by atoms with Crippen molar-refractivity contribution in [3.8, 4) is 0 Å². The molecule has 1 unspecified atom stereocenters. The molecule has 0 bridgehead atoms. The summed E-state index contributed by atoms with van der Waals surface area (Å²) in [7, 11) is 1.88. The lowest BCUT2D eigenvalue weighted by Gasteiger charge is -2.38. The van der Waals surface area contributed by atoms with Crippen LogP contribution in [0.1, 0.15) is 38.3 Å². The van der Waals surface area contributed by atoms with E-state index in [0.29, 0.717) is 0 Å². The summed E-state index contributed by atoms with van der Waals surface area (Å²) in [5.41, 5.74) is 0.748. The van der Waals surface area contributed by atoms with Crippen molar-refractivity contribution in [3.05, 3.63) is 34.9 Å². The van der Waals surface area contributed by atoms with Gasteiger partial charge in [-0.05, 0) is 44.5 Å². The first-order valence-corrected chi connectivity index (χ1v) is 7.56. The van der Waals surface area contributed by atoms with Gasteiger partial charge in [-0.15, -0.1) is 0 Å². The number of hydrogen-bond donors (Lipinski definition) is 1. The van der Waals surface area contributed by atoms with Crippen molar-refractivity contribution in [1.82, 2.24) is 10.2 Å². The highest BCUT2D eigenvalue weighted by Gasteiger charge is 2.38. The molecule has 1 N–H and O–H groups in total. The van der Waals surface area contributed by atoms with E-state index in [9.17, 15) is 4.79 Å². The topological polar surface area (TPSA) is 32.3 Å². The Bertz CT molecular complexity index is 483. The predicted octanol–water partition coefficient (Wildman–Crippen LogP) is 3.25. The van der Waals surface area contributed by atoms with Crippen LogP contribution in [0.3, 0.4) is 0 Å². The van der Waals surface area contributed by atoms with E-state index in [0.717, 1.165) is 36.5 Å². The summed E-state index contributed by atoms with van der Waals surface area (Å²) in [6.45, 7) is 5.93. The number of hydrogen-bond acceptors (Lipinski definition) is 2. The molecule has 0 saturated carbocycles. The fourth-order valence-corrected chi connectivity index (χ4v) is 3.11. The van der Waals surface area contributed by atoms with Gasteiger partial charge in [0.15, 0.2) is 0 Å². The van der Waals surface area contributed by atoms with Crippen molar-refractivity contribution in [2.45, 2.75) is 32.7 Å². The number of benzene rings is 1. The van der Waals surface area contributed by atoms with Crippen LogP contribution in [0.2, 0.25) is 5.02 Å². The Morgan fingerprint density at radius 3 is 2.55 bits per heavy atom. The van der Waals surface area contributed by atoms with E-state index in [1.165, 1.54) is 0 Å². The fraction of sp³-hybridized carbons (Fsp3) is 0.562. The Kier molecular flexibility index (Phi) is 4.71. The zero-order valence-corrected chi connectivity index (χ0v) is 13.2. The van der Waals surface area contributed by atoms with E-state index in [2.05, 4.69) is 12.2 Å². The summed E-state index contributed by atoms with van der Waals surface area (Å²) in [6, 6.07) is 7.72. The molecule has 1 aromatic carbocycles. The second-order valence-corrected chi connectivity index (χ2v) is 6.33. The standard InChI is InChI=1S/C16H23ClN2O/c1-12(13-6-4-5-7-14(13)17)19(3)15(20)16(2)8-10-18-11-9-16/h4-7,12,18H,8-11H2,1-3H3. The van der Waals surface area contributed by atoms with Crippen LogP contribution < -0.4 is 5.32 Å². The number of amides is 1. The average Bonchev–Trinajstić information content (AvgIpc) is 2.46. The minimum Gasteiger partial charge on any atom is -0.338 e. The van der Waals surface area contributed by atoms with Crippen LogP contribution in [0, 0.1) is 5.41 Å². The van der Waals surface area contributed by atoms with Crippen LogP contribution in [0.15, 0.2) is 24.3 Å². The van der Waals surface area contributed by atoms with E-state index >= 15 is 0 Å². The zero-order valence-electron chi connectivity index (χ0n) is 12.4. The Labute approximate surface area is 126 Å². The molecule has 0 aromatic heterocycles. The quantitative estimate of drug-likeness (QED) is 0.928. The Balaban J connectivity index is 2.16. The van der Waals surface area contributed by atoms with E-state index < -0.39 is 0 Å². The monoisotopic (exact) mass is 294 g/mol. The molecule has 1 aromatic rings. The maximum atomic E-state index is 12.8. The SMILES string of the molecule is CC(c1ccccc1Cl)N(C)C(=O)C1(C)CCNCC1. The van der Waals surface area contributed by atoms with Crippen LogP contribution in [-0.2, 0) is 4.79 Å². The average molecular weight is 295 g/mol. The third kappa shape index (κ3) is 2.99.